The van der Waals surface area contributed by atoms with Gasteiger partial charge in [-0.3, -0.25) is 4.68 Å². The molecule has 2 aromatic rings. The minimum absolute atomic E-state index is 0.00643. The fraction of sp³-hybridized carbons (Fsp3) is 0.625. The Morgan fingerprint density at radius 1 is 1.24 bits per heavy atom. The number of fused-ring (bicyclic) bond motifs is 1. The summed E-state index contributed by atoms with van der Waals surface area (Å²) in [5.41, 5.74) is 0.912. The highest BCUT2D eigenvalue weighted by Crippen LogP contribution is 2.39. The molecular formula is C24H35IN4O3Si. The third kappa shape index (κ3) is 5.65. The summed E-state index contributed by atoms with van der Waals surface area (Å²) < 4.78 is 14.9. The SMILES string of the molecule is CC(C)(C)OC(=O)N1CCC[C@@H](n2nc(I)c3c(C#N)cc(O[Si](C)(C)C(C)(C)C)cc32)C1. The first-order valence-electron chi connectivity index (χ1n) is 11.4. The predicted molar refractivity (Wildman–Crippen MR) is 141 cm³/mol. The van der Waals surface area contributed by atoms with Crippen molar-refractivity contribution in [3.05, 3.63) is 21.4 Å². The number of rotatable bonds is 3. The molecule has 33 heavy (non-hydrogen) atoms. The average Bonchev–Trinajstić information content (AvgIpc) is 3.01. The van der Waals surface area contributed by atoms with Crippen LogP contribution in [0.2, 0.25) is 18.1 Å². The molecule has 0 bridgehead atoms. The maximum Gasteiger partial charge on any atom is 0.410 e. The van der Waals surface area contributed by atoms with Crippen molar-refractivity contribution in [2.24, 2.45) is 0 Å². The number of carbonyl (C=O) groups excluding carboxylic acids is 1. The topological polar surface area (TPSA) is 80.4 Å². The van der Waals surface area contributed by atoms with Gasteiger partial charge in [-0.25, -0.2) is 4.79 Å². The standard InChI is InChI=1S/C24H35IN4O3Si/c1-23(2,3)31-22(30)28-11-9-10-17(15-28)29-19-13-18(32-33(7,8)24(4,5)6)12-16(14-26)20(19)21(25)27-29/h12-13,17H,9-11,15H2,1-8H3/t17-/m1/s1. The first-order valence-corrected chi connectivity index (χ1v) is 15.4. The molecule has 1 aromatic heterocycles. The predicted octanol–water partition coefficient (Wildman–Crippen LogP) is 6.47. The van der Waals surface area contributed by atoms with Crippen LogP contribution < -0.4 is 4.43 Å². The van der Waals surface area contributed by atoms with Crippen LogP contribution in [0.15, 0.2) is 12.1 Å². The van der Waals surface area contributed by atoms with Gasteiger partial charge < -0.3 is 14.1 Å². The van der Waals surface area contributed by atoms with Crippen LogP contribution in [-0.4, -0.2) is 47.8 Å². The number of aromatic nitrogens is 2. The third-order valence-corrected chi connectivity index (χ3v) is 11.5. The molecule has 1 saturated heterocycles. The molecule has 0 N–H and O–H groups in total. The van der Waals surface area contributed by atoms with Gasteiger partial charge in [-0.05, 0) is 80.4 Å². The molecule has 180 valence electrons. The van der Waals surface area contributed by atoms with Crippen molar-refractivity contribution in [1.82, 2.24) is 14.7 Å². The number of nitriles is 1. The van der Waals surface area contributed by atoms with Gasteiger partial charge in [0.05, 0.1) is 22.5 Å². The Hall–Kier alpha value is -1.80. The fourth-order valence-electron chi connectivity index (χ4n) is 3.72. The Bertz CT molecular complexity index is 1090. The number of amides is 1. The lowest BCUT2D eigenvalue weighted by Gasteiger charge is -2.36. The fourth-order valence-corrected chi connectivity index (χ4v) is 5.53. The van der Waals surface area contributed by atoms with E-state index in [0.29, 0.717) is 24.4 Å². The smallest absolute Gasteiger partial charge is 0.410 e. The number of benzene rings is 1. The molecule has 1 amide bonds. The van der Waals surface area contributed by atoms with E-state index >= 15 is 0 Å². The maximum atomic E-state index is 12.7. The van der Waals surface area contributed by atoms with Gasteiger partial charge in [0.25, 0.3) is 0 Å². The van der Waals surface area contributed by atoms with E-state index in [9.17, 15) is 10.1 Å². The molecule has 0 unspecified atom stereocenters. The Morgan fingerprint density at radius 2 is 1.91 bits per heavy atom. The minimum atomic E-state index is -2.08. The quantitative estimate of drug-likeness (QED) is 0.306. The second-order valence-electron chi connectivity index (χ2n) is 11.3. The van der Waals surface area contributed by atoms with Crippen LogP contribution in [0.25, 0.3) is 10.9 Å². The van der Waals surface area contributed by atoms with Crippen LogP contribution in [0, 0.1) is 15.0 Å². The van der Waals surface area contributed by atoms with E-state index in [1.54, 1.807) is 4.90 Å². The number of hydrogen-bond donors (Lipinski definition) is 0. The van der Waals surface area contributed by atoms with E-state index in [2.05, 4.69) is 62.5 Å². The number of likely N-dealkylation sites (tertiary alicyclic amines) is 1. The van der Waals surface area contributed by atoms with Gasteiger partial charge in [-0.2, -0.15) is 10.4 Å². The maximum absolute atomic E-state index is 12.7. The lowest BCUT2D eigenvalue weighted by Crippen LogP contribution is -2.44. The van der Waals surface area contributed by atoms with Crippen molar-refractivity contribution >= 4 is 47.9 Å². The molecule has 0 spiro atoms. The molecule has 0 radical (unpaired) electrons. The zero-order valence-electron chi connectivity index (χ0n) is 21.0. The minimum Gasteiger partial charge on any atom is -0.543 e. The monoisotopic (exact) mass is 582 g/mol. The molecule has 1 aliphatic heterocycles. The zero-order chi connectivity index (χ0) is 24.8. The molecule has 0 aliphatic carbocycles. The average molecular weight is 583 g/mol. The highest BCUT2D eigenvalue weighted by atomic mass is 127. The van der Waals surface area contributed by atoms with Crippen LogP contribution in [0.4, 0.5) is 4.79 Å². The van der Waals surface area contributed by atoms with E-state index in [-0.39, 0.29) is 17.2 Å². The number of halogens is 1. The molecule has 1 aliphatic rings. The summed E-state index contributed by atoms with van der Waals surface area (Å²) in [6.07, 6.45) is 1.48. The largest absolute Gasteiger partial charge is 0.543 e. The van der Waals surface area contributed by atoms with Crippen molar-refractivity contribution in [2.75, 3.05) is 13.1 Å². The molecule has 1 fully saturated rings. The van der Waals surface area contributed by atoms with E-state index in [1.807, 2.05) is 37.6 Å². The van der Waals surface area contributed by atoms with Crippen LogP contribution >= 0.6 is 22.6 Å². The summed E-state index contributed by atoms with van der Waals surface area (Å²) in [5.74, 6) is 0.711. The Kier molecular flexibility index (Phi) is 7.12. The molecule has 1 aromatic carbocycles. The van der Waals surface area contributed by atoms with E-state index < -0.39 is 13.9 Å². The summed E-state index contributed by atoms with van der Waals surface area (Å²) in [6.45, 7) is 17.8. The van der Waals surface area contributed by atoms with Crippen molar-refractivity contribution in [3.8, 4) is 11.8 Å². The highest BCUT2D eigenvalue weighted by molar-refractivity contribution is 14.1. The number of carbonyl (C=O) groups is 1. The van der Waals surface area contributed by atoms with Crippen LogP contribution in [-0.2, 0) is 4.74 Å². The molecule has 7 nitrogen and oxygen atoms in total. The summed E-state index contributed by atoms with van der Waals surface area (Å²) in [4.78, 5) is 14.4. The van der Waals surface area contributed by atoms with Crippen molar-refractivity contribution in [1.29, 1.82) is 5.26 Å². The molecule has 1 atom stereocenters. The Morgan fingerprint density at radius 3 is 2.48 bits per heavy atom. The van der Waals surface area contributed by atoms with Crippen molar-refractivity contribution in [2.45, 2.75) is 84.2 Å². The van der Waals surface area contributed by atoms with Gasteiger partial charge in [0, 0.05) is 19.2 Å². The summed E-state index contributed by atoms with van der Waals surface area (Å²) in [6, 6.07) is 6.19. The van der Waals surface area contributed by atoms with Crippen LogP contribution in [0.5, 0.6) is 5.75 Å². The number of ether oxygens (including phenoxy) is 1. The van der Waals surface area contributed by atoms with E-state index in [0.717, 1.165) is 27.4 Å². The second-order valence-corrected chi connectivity index (χ2v) is 17.0. The molecule has 9 heteroatoms. The summed E-state index contributed by atoms with van der Waals surface area (Å²) in [5, 5.41) is 15.6. The molecular weight excluding hydrogens is 547 g/mol. The van der Waals surface area contributed by atoms with Gasteiger partial charge in [0.2, 0.25) is 8.32 Å². The number of piperidine rings is 1. The van der Waals surface area contributed by atoms with Gasteiger partial charge in [0.15, 0.2) is 0 Å². The summed E-state index contributed by atoms with van der Waals surface area (Å²) in [7, 11) is -2.08. The van der Waals surface area contributed by atoms with Gasteiger partial charge in [0.1, 0.15) is 21.1 Å². The highest BCUT2D eigenvalue weighted by Gasteiger charge is 2.39. The van der Waals surface area contributed by atoms with Crippen molar-refractivity contribution < 1.29 is 14.0 Å². The second kappa shape index (κ2) is 9.10. The van der Waals surface area contributed by atoms with Crippen LogP contribution in [0.1, 0.15) is 66.0 Å². The molecule has 0 saturated carbocycles. The lowest BCUT2D eigenvalue weighted by atomic mass is 10.1. The first-order chi connectivity index (χ1) is 15.1. The summed E-state index contributed by atoms with van der Waals surface area (Å²) >= 11 is 2.19. The third-order valence-electron chi connectivity index (χ3n) is 6.43. The molecule has 3 rings (SSSR count). The van der Waals surface area contributed by atoms with E-state index in [1.165, 1.54) is 0 Å². The lowest BCUT2D eigenvalue weighted by molar-refractivity contribution is 0.0169. The molecule has 2 heterocycles. The Labute approximate surface area is 211 Å². The first kappa shape index (κ1) is 25.8. The normalized spacial score (nSPS) is 17.7. The van der Waals surface area contributed by atoms with Gasteiger partial charge in [-0.1, -0.05) is 20.8 Å². The van der Waals surface area contributed by atoms with E-state index in [4.69, 9.17) is 14.3 Å². The number of nitrogens with zero attached hydrogens (tertiary/aromatic N) is 4. The number of hydrogen-bond acceptors (Lipinski definition) is 5. The van der Waals surface area contributed by atoms with Crippen molar-refractivity contribution in [3.63, 3.8) is 0 Å². The Balaban J connectivity index is 2.00. The van der Waals surface area contributed by atoms with Gasteiger partial charge in [-0.15, -0.1) is 0 Å². The van der Waals surface area contributed by atoms with Crippen LogP contribution in [0.3, 0.4) is 0 Å². The zero-order valence-corrected chi connectivity index (χ0v) is 24.1. The van der Waals surface area contributed by atoms with Gasteiger partial charge >= 0.3 is 6.09 Å².